The van der Waals surface area contributed by atoms with Crippen molar-refractivity contribution in [1.82, 2.24) is 4.90 Å². The van der Waals surface area contributed by atoms with Crippen molar-refractivity contribution in [3.8, 4) is 11.1 Å². The maximum absolute atomic E-state index is 5.00. The second-order valence-corrected chi connectivity index (χ2v) is 6.99. The minimum Gasteiger partial charge on any atom is -0.355 e. The van der Waals surface area contributed by atoms with Crippen molar-refractivity contribution in [1.29, 1.82) is 0 Å². The van der Waals surface area contributed by atoms with Crippen LogP contribution in [-0.4, -0.2) is 23.3 Å². The third-order valence-electron chi connectivity index (χ3n) is 4.71. The quantitative estimate of drug-likeness (QED) is 0.708. The molecule has 0 N–H and O–H groups in total. The molecule has 0 saturated heterocycles. The van der Waals surface area contributed by atoms with E-state index in [9.17, 15) is 0 Å². The van der Waals surface area contributed by atoms with E-state index >= 15 is 0 Å². The lowest BCUT2D eigenvalue weighted by molar-refractivity contribution is 0.235. The number of rotatable bonds is 0. The Morgan fingerprint density at radius 1 is 0.905 bits per heavy atom. The SMILES string of the molecule is CC(C)(C)N1C=NC2(C1)c1ccccc1-c1ccccc12. The Balaban J connectivity index is 1.93. The largest absolute Gasteiger partial charge is 0.355 e. The highest BCUT2D eigenvalue weighted by molar-refractivity contribution is 5.83. The van der Waals surface area contributed by atoms with Crippen LogP contribution in [0.4, 0.5) is 0 Å². The number of benzene rings is 2. The highest BCUT2D eigenvalue weighted by Gasteiger charge is 2.47. The third kappa shape index (κ3) is 1.62. The smallest absolute Gasteiger partial charge is 0.131 e. The molecule has 0 saturated carbocycles. The zero-order valence-corrected chi connectivity index (χ0v) is 12.8. The highest BCUT2D eigenvalue weighted by Crippen LogP contribution is 2.51. The van der Waals surface area contributed by atoms with E-state index in [0.717, 1.165) is 6.54 Å². The fourth-order valence-electron chi connectivity index (χ4n) is 3.52. The average molecular weight is 276 g/mol. The van der Waals surface area contributed by atoms with E-state index in [1.54, 1.807) is 0 Å². The Hall–Kier alpha value is -2.09. The summed E-state index contributed by atoms with van der Waals surface area (Å²) in [4.78, 5) is 7.35. The van der Waals surface area contributed by atoms with Crippen molar-refractivity contribution in [2.45, 2.75) is 31.8 Å². The molecule has 0 amide bonds. The summed E-state index contributed by atoms with van der Waals surface area (Å²) >= 11 is 0. The van der Waals surface area contributed by atoms with Crippen molar-refractivity contribution in [3.63, 3.8) is 0 Å². The molecule has 2 aliphatic rings. The van der Waals surface area contributed by atoms with E-state index in [1.165, 1.54) is 22.3 Å². The van der Waals surface area contributed by atoms with Gasteiger partial charge in [-0.2, -0.15) is 0 Å². The summed E-state index contributed by atoms with van der Waals surface area (Å²) < 4.78 is 0. The van der Waals surface area contributed by atoms with Crippen LogP contribution < -0.4 is 0 Å². The average Bonchev–Trinajstić information content (AvgIpc) is 3.03. The van der Waals surface area contributed by atoms with E-state index in [2.05, 4.69) is 74.2 Å². The van der Waals surface area contributed by atoms with E-state index in [1.807, 2.05) is 6.34 Å². The Morgan fingerprint density at radius 3 is 1.90 bits per heavy atom. The van der Waals surface area contributed by atoms with Gasteiger partial charge in [0.2, 0.25) is 0 Å². The standard InChI is InChI=1S/C19H20N2/c1-18(2,3)21-12-19(20-13-21)16-10-6-4-8-14(16)15-9-5-7-11-17(15)19/h4-11,13H,12H2,1-3H3. The van der Waals surface area contributed by atoms with Gasteiger partial charge in [0, 0.05) is 5.54 Å². The van der Waals surface area contributed by atoms with Crippen LogP contribution in [0, 0.1) is 0 Å². The van der Waals surface area contributed by atoms with Gasteiger partial charge >= 0.3 is 0 Å². The lowest BCUT2D eigenvalue weighted by Crippen LogP contribution is -2.42. The highest BCUT2D eigenvalue weighted by atomic mass is 15.3. The molecular formula is C19H20N2. The lowest BCUT2D eigenvalue weighted by Gasteiger charge is -2.34. The van der Waals surface area contributed by atoms with Gasteiger partial charge in [-0.3, -0.25) is 4.99 Å². The molecule has 2 aromatic carbocycles. The van der Waals surface area contributed by atoms with Gasteiger partial charge in [0.1, 0.15) is 5.54 Å². The molecule has 1 aliphatic heterocycles. The summed E-state index contributed by atoms with van der Waals surface area (Å²) in [5.41, 5.74) is 5.23. The molecule has 2 heteroatoms. The molecule has 1 spiro atoms. The summed E-state index contributed by atoms with van der Waals surface area (Å²) in [5, 5.41) is 0. The molecule has 2 nitrogen and oxygen atoms in total. The first-order chi connectivity index (χ1) is 10.0. The molecule has 2 aromatic rings. The summed E-state index contributed by atoms with van der Waals surface area (Å²) in [6.07, 6.45) is 2.04. The van der Waals surface area contributed by atoms with Crippen LogP contribution in [0.2, 0.25) is 0 Å². The summed E-state index contributed by atoms with van der Waals surface area (Å²) in [7, 11) is 0. The number of hydrogen-bond acceptors (Lipinski definition) is 2. The maximum atomic E-state index is 5.00. The molecule has 1 aliphatic carbocycles. The molecule has 0 radical (unpaired) electrons. The van der Waals surface area contributed by atoms with Crippen molar-refractivity contribution in [2.75, 3.05) is 6.54 Å². The first-order valence-corrected chi connectivity index (χ1v) is 7.54. The van der Waals surface area contributed by atoms with E-state index in [4.69, 9.17) is 4.99 Å². The van der Waals surface area contributed by atoms with Crippen LogP contribution in [0.25, 0.3) is 11.1 Å². The van der Waals surface area contributed by atoms with Gasteiger partial charge < -0.3 is 4.90 Å². The Morgan fingerprint density at radius 2 is 1.43 bits per heavy atom. The summed E-state index contributed by atoms with van der Waals surface area (Å²) in [6, 6.07) is 17.4. The van der Waals surface area contributed by atoms with Crippen LogP contribution in [0.1, 0.15) is 31.9 Å². The predicted octanol–water partition coefficient (Wildman–Crippen LogP) is 4.05. The Kier molecular flexibility index (Phi) is 2.39. The van der Waals surface area contributed by atoms with Crippen LogP contribution in [0.15, 0.2) is 53.5 Å². The van der Waals surface area contributed by atoms with Crippen molar-refractivity contribution < 1.29 is 0 Å². The van der Waals surface area contributed by atoms with Crippen LogP contribution in [0.5, 0.6) is 0 Å². The molecule has 4 rings (SSSR count). The molecule has 21 heavy (non-hydrogen) atoms. The third-order valence-corrected chi connectivity index (χ3v) is 4.71. The lowest BCUT2D eigenvalue weighted by atomic mass is 9.87. The Bertz CT molecular complexity index is 692. The number of hydrogen-bond donors (Lipinski definition) is 0. The van der Waals surface area contributed by atoms with Crippen LogP contribution >= 0.6 is 0 Å². The van der Waals surface area contributed by atoms with Gasteiger partial charge in [-0.1, -0.05) is 48.5 Å². The van der Waals surface area contributed by atoms with Gasteiger partial charge in [0.25, 0.3) is 0 Å². The maximum Gasteiger partial charge on any atom is 0.131 e. The van der Waals surface area contributed by atoms with Gasteiger partial charge in [0.15, 0.2) is 0 Å². The van der Waals surface area contributed by atoms with Crippen LogP contribution in [-0.2, 0) is 5.54 Å². The van der Waals surface area contributed by atoms with E-state index in [0.29, 0.717) is 0 Å². The van der Waals surface area contributed by atoms with Gasteiger partial charge in [-0.15, -0.1) is 0 Å². The molecule has 0 atom stereocenters. The van der Waals surface area contributed by atoms with E-state index < -0.39 is 0 Å². The van der Waals surface area contributed by atoms with E-state index in [-0.39, 0.29) is 11.1 Å². The normalized spacial score (nSPS) is 18.1. The molecule has 106 valence electrons. The summed E-state index contributed by atoms with van der Waals surface area (Å²) in [5.74, 6) is 0. The minimum absolute atomic E-state index is 0.0967. The second kappa shape index (κ2) is 3.97. The zero-order valence-electron chi connectivity index (χ0n) is 12.8. The van der Waals surface area contributed by atoms with Gasteiger partial charge in [0.05, 0.1) is 12.9 Å². The monoisotopic (exact) mass is 276 g/mol. The minimum atomic E-state index is -0.222. The van der Waals surface area contributed by atoms with Gasteiger partial charge in [-0.05, 0) is 43.0 Å². The molecule has 0 bridgehead atoms. The molecule has 0 fully saturated rings. The van der Waals surface area contributed by atoms with Crippen molar-refractivity contribution >= 4 is 6.34 Å². The topological polar surface area (TPSA) is 15.6 Å². The van der Waals surface area contributed by atoms with Crippen molar-refractivity contribution in [3.05, 3.63) is 59.7 Å². The van der Waals surface area contributed by atoms with Crippen LogP contribution in [0.3, 0.4) is 0 Å². The molecule has 0 aromatic heterocycles. The van der Waals surface area contributed by atoms with Gasteiger partial charge in [-0.25, -0.2) is 0 Å². The first kappa shape index (κ1) is 12.6. The van der Waals surface area contributed by atoms with Crippen molar-refractivity contribution in [2.24, 2.45) is 4.99 Å². The Labute approximate surface area is 126 Å². The fraction of sp³-hybridized carbons (Fsp3) is 0.316. The number of fused-ring (bicyclic) bond motifs is 5. The summed E-state index contributed by atoms with van der Waals surface area (Å²) in [6.45, 7) is 7.64. The predicted molar refractivity (Wildman–Crippen MR) is 87.6 cm³/mol. The first-order valence-electron chi connectivity index (χ1n) is 7.54. The fourth-order valence-corrected chi connectivity index (χ4v) is 3.52. The molecule has 0 unspecified atom stereocenters. The second-order valence-electron chi connectivity index (χ2n) is 6.99. The number of nitrogens with zero attached hydrogens (tertiary/aromatic N) is 2. The zero-order chi connectivity index (χ0) is 14.7. The number of aliphatic imine (C=N–C) groups is 1. The molecule has 1 heterocycles. The molecular weight excluding hydrogens is 256 g/mol.